The van der Waals surface area contributed by atoms with Crippen LogP contribution in [0, 0.1) is 0 Å². The predicted octanol–water partition coefficient (Wildman–Crippen LogP) is 2.52. The van der Waals surface area contributed by atoms with Crippen molar-refractivity contribution in [1.82, 2.24) is 9.21 Å². The highest BCUT2D eigenvalue weighted by Gasteiger charge is 2.36. The molecule has 2 aliphatic rings. The second kappa shape index (κ2) is 7.02. The van der Waals surface area contributed by atoms with E-state index in [4.69, 9.17) is 4.74 Å². The van der Waals surface area contributed by atoms with Gasteiger partial charge in [-0.1, -0.05) is 24.3 Å². The van der Waals surface area contributed by atoms with Crippen LogP contribution in [-0.2, 0) is 23.0 Å². The Bertz CT molecular complexity index is 880. The summed E-state index contributed by atoms with van der Waals surface area (Å²) in [4.78, 5) is 2.77. The molecule has 1 fully saturated rings. The minimum Gasteiger partial charge on any atom is -0.497 e. The van der Waals surface area contributed by atoms with Gasteiger partial charge in [-0.3, -0.25) is 4.90 Å². The Balaban J connectivity index is 1.46. The molecule has 0 amide bonds. The fraction of sp³-hybridized carbons (Fsp3) is 0.400. The molecule has 1 unspecified atom stereocenters. The SMILES string of the molecule is COc1ccc(S(=O)(=O)N2CCC(N3CCc4ccccc4C3)C2)cc1. The predicted molar refractivity (Wildman–Crippen MR) is 101 cm³/mol. The van der Waals surface area contributed by atoms with Crippen molar-refractivity contribution in [2.45, 2.75) is 30.3 Å². The Morgan fingerprint density at radius 2 is 1.73 bits per heavy atom. The maximum absolute atomic E-state index is 12.9. The van der Waals surface area contributed by atoms with E-state index < -0.39 is 10.0 Å². The van der Waals surface area contributed by atoms with Crippen molar-refractivity contribution in [3.63, 3.8) is 0 Å². The number of rotatable bonds is 4. The normalized spacial score (nSPS) is 21.5. The maximum Gasteiger partial charge on any atom is 0.243 e. The third kappa shape index (κ3) is 3.24. The first kappa shape index (κ1) is 17.5. The van der Waals surface area contributed by atoms with Crippen molar-refractivity contribution < 1.29 is 13.2 Å². The molecule has 26 heavy (non-hydrogen) atoms. The van der Waals surface area contributed by atoms with Crippen LogP contribution in [0.5, 0.6) is 5.75 Å². The van der Waals surface area contributed by atoms with Gasteiger partial charge >= 0.3 is 0 Å². The molecule has 0 aliphatic carbocycles. The number of sulfonamides is 1. The Labute approximate surface area is 155 Å². The zero-order chi connectivity index (χ0) is 18.1. The van der Waals surface area contributed by atoms with Crippen LogP contribution in [0.25, 0.3) is 0 Å². The van der Waals surface area contributed by atoms with Crippen LogP contribution in [0.3, 0.4) is 0 Å². The van der Waals surface area contributed by atoms with E-state index >= 15 is 0 Å². The molecular weight excluding hydrogens is 348 g/mol. The summed E-state index contributed by atoms with van der Waals surface area (Å²) < 4.78 is 32.6. The molecule has 2 aromatic carbocycles. The highest BCUT2D eigenvalue weighted by atomic mass is 32.2. The highest BCUT2D eigenvalue weighted by molar-refractivity contribution is 7.89. The van der Waals surface area contributed by atoms with Crippen LogP contribution in [0.1, 0.15) is 17.5 Å². The van der Waals surface area contributed by atoms with Crippen LogP contribution >= 0.6 is 0 Å². The summed E-state index contributed by atoms with van der Waals surface area (Å²) in [6.07, 6.45) is 1.93. The Kier molecular flexibility index (Phi) is 4.73. The second-order valence-electron chi connectivity index (χ2n) is 6.97. The van der Waals surface area contributed by atoms with Gasteiger partial charge in [0.1, 0.15) is 5.75 Å². The van der Waals surface area contributed by atoms with E-state index in [0.29, 0.717) is 23.7 Å². The maximum atomic E-state index is 12.9. The molecule has 0 bridgehead atoms. The molecule has 0 spiro atoms. The number of fused-ring (bicyclic) bond motifs is 1. The highest BCUT2D eigenvalue weighted by Crippen LogP contribution is 2.28. The smallest absolute Gasteiger partial charge is 0.243 e. The summed E-state index contributed by atoms with van der Waals surface area (Å²) in [5.74, 6) is 0.662. The molecule has 0 saturated carbocycles. The summed E-state index contributed by atoms with van der Waals surface area (Å²) >= 11 is 0. The van der Waals surface area contributed by atoms with Gasteiger partial charge in [0.05, 0.1) is 12.0 Å². The van der Waals surface area contributed by atoms with Crippen molar-refractivity contribution in [2.75, 3.05) is 26.7 Å². The van der Waals surface area contributed by atoms with E-state index in [2.05, 4.69) is 29.2 Å². The fourth-order valence-corrected chi connectivity index (χ4v) is 5.45. The molecule has 1 saturated heterocycles. The first-order valence-corrected chi connectivity index (χ1v) is 10.5. The minimum atomic E-state index is -3.44. The molecule has 0 radical (unpaired) electrons. The third-order valence-electron chi connectivity index (χ3n) is 5.50. The Morgan fingerprint density at radius 3 is 2.46 bits per heavy atom. The fourth-order valence-electron chi connectivity index (χ4n) is 3.95. The van der Waals surface area contributed by atoms with Crippen LogP contribution in [0.15, 0.2) is 53.4 Å². The monoisotopic (exact) mass is 372 g/mol. The molecule has 2 heterocycles. The zero-order valence-electron chi connectivity index (χ0n) is 15.0. The molecule has 2 aliphatic heterocycles. The molecule has 0 N–H and O–H groups in total. The van der Waals surface area contributed by atoms with Gasteiger partial charge < -0.3 is 4.74 Å². The second-order valence-corrected chi connectivity index (χ2v) is 8.91. The largest absolute Gasteiger partial charge is 0.497 e. The molecule has 0 aromatic heterocycles. The number of nitrogens with zero attached hydrogens (tertiary/aromatic N) is 2. The van der Waals surface area contributed by atoms with E-state index in [1.54, 1.807) is 35.7 Å². The lowest BCUT2D eigenvalue weighted by molar-refractivity contribution is 0.185. The summed E-state index contributed by atoms with van der Waals surface area (Å²) in [5.41, 5.74) is 2.79. The lowest BCUT2D eigenvalue weighted by Crippen LogP contribution is -2.41. The average Bonchev–Trinajstić information content (AvgIpc) is 3.19. The van der Waals surface area contributed by atoms with Crippen LogP contribution < -0.4 is 4.74 Å². The van der Waals surface area contributed by atoms with Gasteiger partial charge in [-0.15, -0.1) is 0 Å². The van der Waals surface area contributed by atoms with Crippen molar-refractivity contribution in [3.05, 3.63) is 59.7 Å². The first-order valence-electron chi connectivity index (χ1n) is 9.03. The van der Waals surface area contributed by atoms with E-state index in [-0.39, 0.29) is 6.04 Å². The topological polar surface area (TPSA) is 49.9 Å². The van der Waals surface area contributed by atoms with E-state index in [9.17, 15) is 8.42 Å². The molecule has 6 heteroatoms. The summed E-state index contributed by atoms with van der Waals surface area (Å²) in [5, 5.41) is 0. The molecule has 4 rings (SSSR count). The number of methoxy groups -OCH3 is 1. The average molecular weight is 372 g/mol. The molecule has 138 valence electrons. The van der Waals surface area contributed by atoms with Gasteiger partial charge in [-0.2, -0.15) is 4.31 Å². The summed E-state index contributed by atoms with van der Waals surface area (Å²) in [6.45, 7) is 3.06. The zero-order valence-corrected chi connectivity index (χ0v) is 15.8. The van der Waals surface area contributed by atoms with Gasteiger partial charge in [0.2, 0.25) is 10.0 Å². The standard InChI is InChI=1S/C20H24N2O3S/c1-25-19-6-8-20(9-7-19)26(23,24)22-13-11-18(15-22)21-12-10-16-4-2-3-5-17(16)14-21/h2-9,18H,10-15H2,1H3. The van der Waals surface area contributed by atoms with Gasteiger partial charge in [-0.05, 0) is 48.2 Å². The van der Waals surface area contributed by atoms with Gasteiger partial charge in [0.25, 0.3) is 0 Å². The van der Waals surface area contributed by atoms with Crippen molar-refractivity contribution >= 4 is 10.0 Å². The molecular formula is C20H24N2O3S. The number of hydrogen-bond donors (Lipinski definition) is 0. The minimum absolute atomic E-state index is 0.288. The Morgan fingerprint density at radius 1 is 1.00 bits per heavy atom. The van der Waals surface area contributed by atoms with Gasteiger partial charge in [-0.25, -0.2) is 8.42 Å². The molecule has 2 aromatic rings. The molecule has 1 atom stereocenters. The van der Waals surface area contributed by atoms with E-state index in [0.717, 1.165) is 25.9 Å². The van der Waals surface area contributed by atoms with Crippen molar-refractivity contribution in [2.24, 2.45) is 0 Å². The first-order chi connectivity index (χ1) is 12.6. The van der Waals surface area contributed by atoms with Gasteiger partial charge in [0, 0.05) is 32.2 Å². The van der Waals surface area contributed by atoms with Crippen LogP contribution in [-0.4, -0.2) is 50.4 Å². The van der Waals surface area contributed by atoms with Crippen LogP contribution in [0.2, 0.25) is 0 Å². The number of ether oxygens (including phenoxy) is 1. The van der Waals surface area contributed by atoms with E-state index in [1.807, 2.05) is 0 Å². The third-order valence-corrected chi connectivity index (χ3v) is 7.38. The molecule has 5 nitrogen and oxygen atoms in total. The lowest BCUT2D eigenvalue weighted by atomic mass is 9.98. The summed E-state index contributed by atoms with van der Waals surface area (Å²) in [6, 6.07) is 15.5. The van der Waals surface area contributed by atoms with Crippen LogP contribution in [0.4, 0.5) is 0 Å². The van der Waals surface area contributed by atoms with Gasteiger partial charge in [0.15, 0.2) is 0 Å². The lowest BCUT2D eigenvalue weighted by Gasteiger charge is -2.33. The quantitative estimate of drug-likeness (QED) is 0.828. The number of benzene rings is 2. The van der Waals surface area contributed by atoms with Crippen molar-refractivity contribution in [3.8, 4) is 5.75 Å². The van der Waals surface area contributed by atoms with E-state index in [1.165, 1.54) is 11.1 Å². The van der Waals surface area contributed by atoms with Crippen molar-refractivity contribution in [1.29, 1.82) is 0 Å². The Hall–Kier alpha value is -1.89. The number of hydrogen-bond acceptors (Lipinski definition) is 4. The summed E-state index contributed by atoms with van der Waals surface area (Å²) in [7, 11) is -1.87.